The second-order valence-electron chi connectivity index (χ2n) is 14.2. The van der Waals surface area contributed by atoms with Gasteiger partial charge in [-0.15, -0.1) is 11.3 Å². The third-order valence-corrected chi connectivity index (χ3v) is 12.6. The average molecular weight is 721 g/mol. The molecule has 6 heterocycles. The van der Waals surface area contributed by atoms with E-state index >= 15 is 0 Å². The van der Waals surface area contributed by atoms with Gasteiger partial charge in [-0.05, 0) is 60.7 Å². The normalized spacial score (nSPS) is 12.4. The van der Waals surface area contributed by atoms with E-state index in [1.807, 2.05) is 6.20 Å². The third-order valence-electron chi connectivity index (χ3n) is 11.4. The maximum atomic E-state index is 5.67. The highest BCUT2D eigenvalue weighted by Crippen LogP contribution is 2.43. The second kappa shape index (κ2) is 10.7. The van der Waals surface area contributed by atoms with Gasteiger partial charge in [0.15, 0.2) is 5.82 Å². The van der Waals surface area contributed by atoms with Gasteiger partial charge < -0.3 is 9.13 Å². The van der Waals surface area contributed by atoms with Crippen molar-refractivity contribution in [2.24, 2.45) is 0 Å². The monoisotopic (exact) mass is 720 g/mol. The largest absolute Gasteiger partial charge is 0.307 e. The van der Waals surface area contributed by atoms with Gasteiger partial charge >= 0.3 is 0 Å². The van der Waals surface area contributed by atoms with Crippen LogP contribution in [0.1, 0.15) is 0 Å². The van der Waals surface area contributed by atoms with E-state index in [4.69, 9.17) is 9.97 Å². The van der Waals surface area contributed by atoms with Crippen molar-refractivity contribution in [3.05, 3.63) is 170 Å². The van der Waals surface area contributed by atoms with E-state index in [-0.39, 0.29) is 0 Å². The first-order chi connectivity index (χ1) is 27.3. The Balaban J connectivity index is 1.22. The van der Waals surface area contributed by atoms with E-state index in [1.165, 1.54) is 37.0 Å². The summed E-state index contributed by atoms with van der Waals surface area (Å²) in [5, 5.41) is 7.34. The van der Waals surface area contributed by atoms with Crippen LogP contribution in [-0.4, -0.2) is 28.1 Å². The van der Waals surface area contributed by atoms with Crippen LogP contribution in [-0.2, 0) is 0 Å². The zero-order valence-corrected chi connectivity index (χ0v) is 30.1. The van der Waals surface area contributed by atoms with E-state index in [0.717, 1.165) is 71.8 Å². The Labute approximate surface area is 317 Å². The van der Waals surface area contributed by atoms with Gasteiger partial charge in [0.25, 0.3) is 0 Å². The maximum absolute atomic E-state index is 5.67. The first-order valence-electron chi connectivity index (χ1n) is 18.5. The second-order valence-corrected chi connectivity index (χ2v) is 15.3. The number of pyridine rings is 1. The van der Waals surface area contributed by atoms with E-state index in [2.05, 4.69) is 182 Å². The molecule has 55 heavy (non-hydrogen) atoms. The van der Waals surface area contributed by atoms with Crippen molar-refractivity contribution in [2.75, 3.05) is 0 Å². The molecule has 0 aliphatic heterocycles. The molecule has 0 aliphatic rings. The number of para-hydroxylation sites is 6. The topological polar surface area (TPSA) is 45.0 Å². The number of fused-ring (bicyclic) bond motifs is 14. The van der Waals surface area contributed by atoms with Gasteiger partial charge in [-0.2, -0.15) is 0 Å². The summed E-state index contributed by atoms with van der Waals surface area (Å²) in [4.78, 5) is 10.9. The van der Waals surface area contributed by atoms with Crippen LogP contribution in [0.3, 0.4) is 0 Å². The Hall–Kier alpha value is -7.22. The number of aromatic nitrogens is 6. The van der Waals surface area contributed by atoms with Gasteiger partial charge in [0, 0.05) is 43.2 Å². The summed E-state index contributed by atoms with van der Waals surface area (Å²) >= 11 is 1.79. The molecule has 0 saturated heterocycles. The van der Waals surface area contributed by atoms with Crippen LogP contribution in [0.25, 0.3) is 109 Å². The summed E-state index contributed by atoms with van der Waals surface area (Å²) in [6.07, 6.45) is 1.95. The molecule has 0 unspecified atom stereocenters. The fraction of sp³-hybridized carbons (Fsp3) is 0. The van der Waals surface area contributed by atoms with Gasteiger partial charge in [0.1, 0.15) is 5.52 Å². The van der Waals surface area contributed by atoms with Crippen LogP contribution < -0.4 is 0 Å². The minimum atomic E-state index is 0.823. The molecular formula is C48H28N6S. The molecule has 256 valence electrons. The predicted molar refractivity (Wildman–Crippen MR) is 229 cm³/mol. The molecule has 7 aromatic carbocycles. The van der Waals surface area contributed by atoms with Crippen LogP contribution in [0.2, 0.25) is 0 Å². The Bertz CT molecular complexity index is 3630. The van der Waals surface area contributed by atoms with Crippen molar-refractivity contribution in [1.82, 2.24) is 28.1 Å². The summed E-state index contributed by atoms with van der Waals surface area (Å²) in [5.41, 5.74) is 10.9. The lowest BCUT2D eigenvalue weighted by Gasteiger charge is -2.13. The average Bonchev–Trinajstić information content (AvgIpc) is 4.04. The molecule has 0 bridgehead atoms. The smallest absolute Gasteiger partial charge is 0.222 e. The van der Waals surface area contributed by atoms with Gasteiger partial charge in [-0.25, -0.2) is 9.97 Å². The van der Waals surface area contributed by atoms with Crippen LogP contribution in [0, 0.1) is 0 Å². The lowest BCUT2D eigenvalue weighted by molar-refractivity contribution is 1.05. The van der Waals surface area contributed by atoms with Crippen LogP contribution in [0.4, 0.5) is 0 Å². The lowest BCUT2D eigenvalue weighted by atomic mass is 10.2. The van der Waals surface area contributed by atoms with E-state index < -0.39 is 0 Å². The SMILES string of the molecule is c1ccc2c(c1)sc1c(-n3c4c(-n5c6ccccc6c6ccccc65)cccc4n4c5cccc(-n6c7ccccc7c7ccccc76)c5nc34)nccc12. The molecule has 6 aromatic heterocycles. The van der Waals surface area contributed by atoms with E-state index in [0.29, 0.717) is 0 Å². The zero-order chi connectivity index (χ0) is 35.8. The molecule has 13 rings (SSSR count). The molecule has 7 heteroatoms. The summed E-state index contributed by atoms with van der Waals surface area (Å²) in [6, 6.07) is 58.8. The molecule has 0 atom stereocenters. The standard InChI is InChI=1S/C48H28N6S/c1-6-18-35-29(13-1)30-14-2-7-19-36(30)51(35)39-22-11-23-40-44(39)50-48-53(40)42-25-12-24-41(52-37-20-8-3-15-31(37)32-16-4-9-21-38(32)52)45(42)54(48)47-46-34(27-28-49-47)33-17-5-10-26-43(33)55-46/h1-28H. The molecule has 0 N–H and O–H groups in total. The highest BCUT2D eigenvalue weighted by atomic mass is 32.1. The molecule has 6 nitrogen and oxygen atoms in total. The minimum Gasteiger partial charge on any atom is -0.307 e. The van der Waals surface area contributed by atoms with Gasteiger partial charge in [0.2, 0.25) is 5.78 Å². The lowest BCUT2D eigenvalue weighted by Crippen LogP contribution is -2.03. The van der Waals surface area contributed by atoms with Crippen molar-refractivity contribution in [3.63, 3.8) is 0 Å². The summed E-state index contributed by atoms with van der Waals surface area (Å²) in [6.45, 7) is 0. The molecule has 0 amide bonds. The predicted octanol–water partition coefficient (Wildman–Crippen LogP) is 12.4. The fourth-order valence-electron chi connectivity index (χ4n) is 9.21. The number of rotatable bonds is 3. The number of benzene rings is 7. The molecule has 13 aromatic rings. The Morgan fingerprint density at radius 3 is 1.55 bits per heavy atom. The number of nitrogens with zero attached hydrogens (tertiary/aromatic N) is 6. The highest BCUT2D eigenvalue weighted by molar-refractivity contribution is 7.26. The Morgan fingerprint density at radius 1 is 0.400 bits per heavy atom. The minimum absolute atomic E-state index is 0.823. The zero-order valence-electron chi connectivity index (χ0n) is 29.3. The van der Waals surface area contributed by atoms with E-state index in [1.54, 1.807) is 11.3 Å². The Morgan fingerprint density at radius 2 is 0.909 bits per heavy atom. The van der Waals surface area contributed by atoms with Crippen molar-refractivity contribution in [2.45, 2.75) is 0 Å². The summed E-state index contributed by atoms with van der Waals surface area (Å²) in [5.74, 6) is 1.70. The van der Waals surface area contributed by atoms with Crippen LogP contribution in [0.5, 0.6) is 0 Å². The molecule has 0 radical (unpaired) electrons. The summed E-state index contributed by atoms with van der Waals surface area (Å²) in [7, 11) is 0. The first-order valence-corrected chi connectivity index (χ1v) is 19.3. The number of hydrogen-bond acceptors (Lipinski definition) is 3. The van der Waals surface area contributed by atoms with Gasteiger partial charge in [-0.1, -0.05) is 103 Å². The van der Waals surface area contributed by atoms with Crippen molar-refractivity contribution in [3.8, 4) is 17.2 Å². The van der Waals surface area contributed by atoms with Crippen molar-refractivity contribution >= 4 is 103 Å². The van der Waals surface area contributed by atoms with Crippen molar-refractivity contribution < 1.29 is 0 Å². The molecule has 0 fully saturated rings. The van der Waals surface area contributed by atoms with Crippen LogP contribution in [0.15, 0.2) is 170 Å². The number of thiophene rings is 1. The molecule has 0 spiro atoms. The molecule has 0 aliphatic carbocycles. The third kappa shape index (κ3) is 3.77. The van der Waals surface area contributed by atoms with E-state index in [9.17, 15) is 0 Å². The quantitative estimate of drug-likeness (QED) is 0.182. The fourth-order valence-corrected chi connectivity index (χ4v) is 10.4. The Kier molecular flexibility index (Phi) is 5.69. The number of hydrogen-bond donors (Lipinski definition) is 0. The molecular weight excluding hydrogens is 693 g/mol. The van der Waals surface area contributed by atoms with Crippen molar-refractivity contribution in [1.29, 1.82) is 0 Å². The molecule has 0 saturated carbocycles. The van der Waals surface area contributed by atoms with Crippen LogP contribution >= 0.6 is 11.3 Å². The first kappa shape index (κ1) is 29.3. The number of imidazole rings is 2. The maximum Gasteiger partial charge on any atom is 0.222 e. The van der Waals surface area contributed by atoms with Gasteiger partial charge in [-0.3, -0.25) is 8.97 Å². The summed E-state index contributed by atoms with van der Waals surface area (Å²) < 4.78 is 11.8. The van der Waals surface area contributed by atoms with Gasteiger partial charge in [0.05, 0.1) is 54.7 Å². The highest BCUT2D eigenvalue weighted by Gasteiger charge is 2.26.